The second-order valence-electron chi connectivity index (χ2n) is 3.97. The number of carboxylic acids is 1. The number of fused-ring (bicyclic) bond motifs is 1. The molecular weight excluding hydrogens is 156 g/mol. The van der Waals surface area contributed by atoms with Crippen LogP contribution in [0.1, 0.15) is 25.7 Å². The fourth-order valence-electron chi connectivity index (χ4n) is 2.58. The van der Waals surface area contributed by atoms with Gasteiger partial charge in [0.05, 0.1) is 5.92 Å². The highest BCUT2D eigenvalue weighted by atomic mass is 16.4. The van der Waals surface area contributed by atoms with Crippen molar-refractivity contribution in [2.45, 2.75) is 25.7 Å². The summed E-state index contributed by atoms with van der Waals surface area (Å²) in [4.78, 5) is 21.6. The van der Waals surface area contributed by atoms with Gasteiger partial charge in [-0.25, -0.2) is 0 Å². The summed E-state index contributed by atoms with van der Waals surface area (Å²) in [7, 11) is 0. The number of ketones is 1. The molecule has 3 heteroatoms. The number of hydrogen-bond acceptors (Lipinski definition) is 2. The minimum absolute atomic E-state index is 0.173. The SMILES string of the molecule is O=C1C[C@@H]2CC(C(=O)O)C[C@@H]2C1. The van der Waals surface area contributed by atoms with Crippen LogP contribution in [-0.2, 0) is 9.59 Å². The normalized spacial score (nSPS) is 40.0. The summed E-state index contributed by atoms with van der Waals surface area (Å²) < 4.78 is 0. The second-order valence-corrected chi connectivity index (χ2v) is 3.97. The Hall–Kier alpha value is -0.860. The minimum Gasteiger partial charge on any atom is -0.481 e. The molecule has 0 aliphatic heterocycles. The molecular formula is C9H12O3. The first-order valence-corrected chi connectivity index (χ1v) is 4.41. The van der Waals surface area contributed by atoms with Gasteiger partial charge in [0.25, 0.3) is 0 Å². The van der Waals surface area contributed by atoms with Crippen LogP contribution in [0.25, 0.3) is 0 Å². The Bertz CT molecular complexity index is 218. The number of carboxylic acid groups (broad SMARTS) is 1. The van der Waals surface area contributed by atoms with Gasteiger partial charge >= 0.3 is 5.97 Å². The van der Waals surface area contributed by atoms with Crippen molar-refractivity contribution in [2.75, 3.05) is 0 Å². The number of rotatable bonds is 1. The van der Waals surface area contributed by atoms with Gasteiger partial charge in [-0.2, -0.15) is 0 Å². The lowest BCUT2D eigenvalue weighted by atomic mass is 10.0. The molecule has 0 saturated heterocycles. The summed E-state index contributed by atoms with van der Waals surface area (Å²) >= 11 is 0. The van der Waals surface area contributed by atoms with E-state index in [1.165, 1.54) is 0 Å². The maximum Gasteiger partial charge on any atom is 0.306 e. The molecule has 2 saturated carbocycles. The molecule has 0 heterocycles. The van der Waals surface area contributed by atoms with Crippen LogP contribution in [0.15, 0.2) is 0 Å². The summed E-state index contributed by atoms with van der Waals surface area (Å²) in [6.07, 6.45) is 2.72. The smallest absolute Gasteiger partial charge is 0.306 e. The number of Topliss-reactive ketones (excluding diaryl/α,β-unsaturated/α-hetero) is 1. The van der Waals surface area contributed by atoms with E-state index in [0.717, 1.165) is 12.8 Å². The number of hydrogen-bond donors (Lipinski definition) is 1. The van der Waals surface area contributed by atoms with Gasteiger partial charge in [0.15, 0.2) is 0 Å². The summed E-state index contributed by atoms with van der Waals surface area (Å²) in [5.74, 6) is 0.246. The maximum absolute atomic E-state index is 11.0. The summed E-state index contributed by atoms with van der Waals surface area (Å²) in [5.41, 5.74) is 0. The number of carbonyl (C=O) groups is 2. The third-order valence-electron chi connectivity index (χ3n) is 3.17. The van der Waals surface area contributed by atoms with Crippen molar-refractivity contribution in [3.05, 3.63) is 0 Å². The summed E-state index contributed by atoms with van der Waals surface area (Å²) in [6, 6.07) is 0. The van der Waals surface area contributed by atoms with Crippen LogP contribution in [-0.4, -0.2) is 16.9 Å². The topological polar surface area (TPSA) is 54.4 Å². The van der Waals surface area contributed by atoms with E-state index in [9.17, 15) is 9.59 Å². The lowest BCUT2D eigenvalue weighted by Crippen LogP contribution is -2.11. The van der Waals surface area contributed by atoms with Crippen LogP contribution in [0.4, 0.5) is 0 Å². The Morgan fingerprint density at radius 1 is 1.25 bits per heavy atom. The molecule has 2 fully saturated rings. The van der Waals surface area contributed by atoms with E-state index in [0.29, 0.717) is 30.5 Å². The van der Waals surface area contributed by atoms with Crippen molar-refractivity contribution in [1.82, 2.24) is 0 Å². The van der Waals surface area contributed by atoms with Crippen LogP contribution in [0.3, 0.4) is 0 Å². The number of aliphatic carboxylic acids is 1. The molecule has 0 aromatic heterocycles. The second kappa shape index (κ2) is 2.57. The standard InChI is InChI=1S/C9H12O3/c10-8-3-5-1-7(9(11)12)2-6(5)4-8/h5-7H,1-4H2,(H,11,12)/t5-,6+,7?. The molecule has 3 nitrogen and oxygen atoms in total. The molecule has 1 N–H and O–H groups in total. The van der Waals surface area contributed by atoms with Crippen molar-refractivity contribution < 1.29 is 14.7 Å². The van der Waals surface area contributed by atoms with Crippen molar-refractivity contribution in [3.63, 3.8) is 0 Å². The van der Waals surface area contributed by atoms with E-state index in [1.54, 1.807) is 0 Å². The maximum atomic E-state index is 11.0. The highest BCUT2D eigenvalue weighted by Gasteiger charge is 2.43. The average molecular weight is 168 g/mol. The molecule has 66 valence electrons. The predicted octanol–water partition coefficient (Wildman–Crippen LogP) is 1.08. The minimum atomic E-state index is -0.683. The zero-order chi connectivity index (χ0) is 8.72. The third kappa shape index (κ3) is 1.13. The van der Waals surface area contributed by atoms with Gasteiger partial charge in [-0.15, -0.1) is 0 Å². The van der Waals surface area contributed by atoms with E-state index in [4.69, 9.17) is 5.11 Å². The lowest BCUT2D eigenvalue weighted by Gasteiger charge is -2.02. The van der Waals surface area contributed by atoms with Crippen molar-refractivity contribution in [3.8, 4) is 0 Å². The Morgan fingerprint density at radius 3 is 2.17 bits per heavy atom. The largest absolute Gasteiger partial charge is 0.481 e. The Kier molecular flexibility index (Phi) is 1.67. The molecule has 0 spiro atoms. The zero-order valence-electron chi connectivity index (χ0n) is 6.82. The monoisotopic (exact) mass is 168 g/mol. The van der Waals surface area contributed by atoms with Crippen LogP contribution in [0.5, 0.6) is 0 Å². The Morgan fingerprint density at radius 2 is 1.75 bits per heavy atom. The predicted molar refractivity (Wildman–Crippen MR) is 41.6 cm³/mol. The molecule has 0 radical (unpaired) electrons. The molecule has 0 aromatic rings. The van der Waals surface area contributed by atoms with Gasteiger partial charge in [0.1, 0.15) is 5.78 Å². The molecule has 0 bridgehead atoms. The Labute approximate surface area is 70.8 Å². The van der Waals surface area contributed by atoms with Gasteiger partial charge in [-0.3, -0.25) is 9.59 Å². The highest BCUT2D eigenvalue weighted by Crippen LogP contribution is 2.45. The van der Waals surface area contributed by atoms with E-state index in [2.05, 4.69) is 0 Å². The third-order valence-corrected chi connectivity index (χ3v) is 3.17. The molecule has 12 heavy (non-hydrogen) atoms. The quantitative estimate of drug-likeness (QED) is 0.637. The fraction of sp³-hybridized carbons (Fsp3) is 0.778. The zero-order valence-corrected chi connectivity index (χ0v) is 6.82. The molecule has 0 aromatic carbocycles. The van der Waals surface area contributed by atoms with Crippen LogP contribution in [0.2, 0.25) is 0 Å². The Balaban J connectivity index is 2.02. The average Bonchev–Trinajstić information content (AvgIpc) is 2.42. The molecule has 2 aliphatic carbocycles. The van der Waals surface area contributed by atoms with Gasteiger partial charge < -0.3 is 5.11 Å². The van der Waals surface area contributed by atoms with Crippen molar-refractivity contribution >= 4 is 11.8 Å². The van der Waals surface area contributed by atoms with Gasteiger partial charge in [-0.05, 0) is 24.7 Å². The first-order chi connectivity index (χ1) is 5.66. The first kappa shape index (κ1) is 7.77. The van der Waals surface area contributed by atoms with E-state index >= 15 is 0 Å². The summed E-state index contributed by atoms with van der Waals surface area (Å²) in [5, 5.41) is 8.75. The number of carbonyl (C=O) groups excluding carboxylic acids is 1. The highest BCUT2D eigenvalue weighted by molar-refractivity contribution is 5.82. The van der Waals surface area contributed by atoms with Gasteiger partial charge in [0.2, 0.25) is 0 Å². The van der Waals surface area contributed by atoms with Gasteiger partial charge in [-0.1, -0.05) is 0 Å². The molecule has 0 amide bonds. The lowest BCUT2D eigenvalue weighted by molar-refractivity contribution is -0.141. The van der Waals surface area contributed by atoms with Gasteiger partial charge in [0, 0.05) is 12.8 Å². The van der Waals surface area contributed by atoms with Crippen molar-refractivity contribution in [1.29, 1.82) is 0 Å². The van der Waals surface area contributed by atoms with E-state index < -0.39 is 5.97 Å². The molecule has 3 atom stereocenters. The first-order valence-electron chi connectivity index (χ1n) is 4.41. The van der Waals surface area contributed by atoms with Crippen LogP contribution < -0.4 is 0 Å². The van der Waals surface area contributed by atoms with Crippen LogP contribution in [0, 0.1) is 17.8 Å². The molecule has 1 unspecified atom stereocenters. The van der Waals surface area contributed by atoms with E-state index in [1.807, 2.05) is 0 Å². The van der Waals surface area contributed by atoms with E-state index in [-0.39, 0.29) is 5.92 Å². The van der Waals surface area contributed by atoms with Crippen molar-refractivity contribution in [2.24, 2.45) is 17.8 Å². The van der Waals surface area contributed by atoms with Crippen LogP contribution >= 0.6 is 0 Å². The summed E-state index contributed by atoms with van der Waals surface area (Å²) in [6.45, 7) is 0. The molecule has 2 aliphatic rings. The molecule has 2 rings (SSSR count). The fourth-order valence-corrected chi connectivity index (χ4v) is 2.58.